The number of nitrogens with one attached hydrogen (secondary N) is 1. The second-order valence-corrected chi connectivity index (χ2v) is 8.44. The van der Waals surface area contributed by atoms with Crippen LogP contribution in [0.15, 0.2) is 24.3 Å². The number of hydrogen-bond acceptors (Lipinski definition) is 5. The van der Waals surface area contributed by atoms with Gasteiger partial charge in [0.25, 0.3) is 0 Å². The van der Waals surface area contributed by atoms with Gasteiger partial charge >= 0.3 is 0 Å². The van der Waals surface area contributed by atoms with Crippen molar-refractivity contribution < 1.29 is 16.8 Å². The quantitative estimate of drug-likeness (QED) is 0.787. The van der Waals surface area contributed by atoms with E-state index < -0.39 is 19.9 Å². The summed E-state index contributed by atoms with van der Waals surface area (Å²) in [5, 5.41) is 7.97. The monoisotopic (exact) mass is 306 g/mol. The van der Waals surface area contributed by atoms with Crippen LogP contribution in [0, 0.1) is 0 Å². The van der Waals surface area contributed by atoms with Gasteiger partial charge in [-0.3, -0.25) is 0 Å². The highest BCUT2D eigenvalue weighted by Crippen LogP contribution is 2.12. The lowest BCUT2D eigenvalue weighted by molar-refractivity contribution is 0.595. The Kier molecular flexibility index (Phi) is 4.94. The third-order valence-electron chi connectivity index (χ3n) is 2.29. The van der Waals surface area contributed by atoms with Crippen molar-refractivity contribution in [3.63, 3.8) is 0 Å². The Balaban J connectivity index is 2.67. The lowest BCUT2D eigenvalue weighted by Gasteiger charge is -2.14. The summed E-state index contributed by atoms with van der Waals surface area (Å²) in [6.07, 6.45) is 1.18. The molecule has 1 rings (SSSR count). The van der Waals surface area contributed by atoms with Crippen LogP contribution in [-0.4, -0.2) is 34.9 Å². The fourth-order valence-corrected chi connectivity index (χ4v) is 3.36. The number of nitrogens with two attached hydrogens (primary N) is 1. The Morgan fingerprint density at radius 3 is 2.11 bits per heavy atom. The second-order valence-electron chi connectivity index (χ2n) is 4.64. The van der Waals surface area contributed by atoms with Crippen molar-refractivity contribution in [2.75, 3.05) is 17.3 Å². The van der Waals surface area contributed by atoms with Crippen LogP contribution in [0.3, 0.4) is 0 Å². The molecule has 8 heteroatoms. The zero-order valence-corrected chi connectivity index (χ0v) is 12.5. The van der Waals surface area contributed by atoms with E-state index in [1.54, 1.807) is 31.2 Å². The maximum atomic E-state index is 11.1. The molecule has 3 N–H and O–H groups in total. The number of sulfonamides is 1. The molecule has 1 aromatic rings. The zero-order valence-electron chi connectivity index (χ0n) is 10.8. The highest BCUT2D eigenvalue weighted by molar-refractivity contribution is 7.90. The first-order chi connectivity index (χ1) is 8.55. The minimum atomic E-state index is -3.54. The molecule has 0 radical (unpaired) electrons. The van der Waals surface area contributed by atoms with Crippen LogP contribution in [0.2, 0.25) is 0 Å². The minimum absolute atomic E-state index is 0.0337. The molecule has 0 saturated carbocycles. The molecule has 6 nitrogen and oxygen atoms in total. The van der Waals surface area contributed by atoms with Gasteiger partial charge in [-0.05, 0) is 24.6 Å². The summed E-state index contributed by atoms with van der Waals surface area (Å²) < 4.78 is 44.1. The molecule has 108 valence electrons. The predicted molar refractivity (Wildman–Crippen MR) is 76.0 cm³/mol. The van der Waals surface area contributed by atoms with Crippen molar-refractivity contribution in [3.05, 3.63) is 29.8 Å². The molecule has 1 unspecified atom stereocenters. The molecule has 0 amide bonds. The van der Waals surface area contributed by atoms with Gasteiger partial charge in [-0.25, -0.2) is 22.0 Å². The van der Waals surface area contributed by atoms with Gasteiger partial charge in [-0.1, -0.05) is 12.1 Å². The molecular formula is C11H18N2O4S2. The van der Waals surface area contributed by atoms with Crippen molar-refractivity contribution in [1.29, 1.82) is 0 Å². The molecule has 0 heterocycles. The van der Waals surface area contributed by atoms with E-state index in [0.29, 0.717) is 5.56 Å². The molecular weight excluding hydrogens is 288 g/mol. The van der Waals surface area contributed by atoms with Crippen LogP contribution < -0.4 is 10.5 Å². The summed E-state index contributed by atoms with van der Waals surface area (Å²) in [5.41, 5.74) is 1.32. The maximum Gasteiger partial charge on any atom is 0.213 e. The van der Waals surface area contributed by atoms with Crippen molar-refractivity contribution in [2.45, 2.75) is 18.7 Å². The van der Waals surface area contributed by atoms with E-state index in [2.05, 4.69) is 5.32 Å². The number of sulfone groups is 1. The molecule has 1 atom stereocenters. The topological polar surface area (TPSA) is 106 Å². The van der Waals surface area contributed by atoms with E-state index in [4.69, 9.17) is 5.14 Å². The van der Waals surface area contributed by atoms with E-state index in [1.165, 1.54) is 6.26 Å². The maximum absolute atomic E-state index is 11.1. The van der Waals surface area contributed by atoms with Gasteiger partial charge in [0.1, 0.15) is 9.84 Å². The van der Waals surface area contributed by atoms with Gasteiger partial charge in [0.2, 0.25) is 10.0 Å². The molecule has 0 aliphatic carbocycles. The van der Waals surface area contributed by atoms with Gasteiger partial charge in [0, 0.05) is 18.0 Å². The van der Waals surface area contributed by atoms with Gasteiger partial charge in [-0.15, -0.1) is 0 Å². The van der Waals surface area contributed by atoms with E-state index in [0.717, 1.165) is 5.69 Å². The summed E-state index contributed by atoms with van der Waals surface area (Å²) in [7, 11) is -6.57. The van der Waals surface area contributed by atoms with Crippen LogP contribution in [0.1, 0.15) is 12.5 Å². The summed E-state index contributed by atoms with van der Waals surface area (Å²) in [6.45, 7) is 1.76. The Morgan fingerprint density at radius 1 is 1.16 bits per heavy atom. The SMILES string of the molecule is CC(CS(C)(=O)=O)Nc1ccc(CS(N)(=O)=O)cc1. The largest absolute Gasteiger partial charge is 0.382 e. The number of hydrogen-bond donors (Lipinski definition) is 2. The van der Waals surface area contributed by atoms with Crippen molar-refractivity contribution >= 4 is 25.5 Å². The average molecular weight is 306 g/mol. The fraction of sp³-hybridized carbons (Fsp3) is 0.455. The molecule has 0 aliphatic heterocycles. The van der Waals surface area contributed by atoms with Crippen molar-refractivity contribution in [3.8, 4) is 0 Å². The van der Waals surface area contributed by atoms with E-state index in [9.17, 15) is 16.8 Å². The van der Waals surface area contributed by atoms with Crippen molar-refractivity contribution in [2.24, 2.45) is 5.14 Å². The van der Waals surface area contributed by atoms with Gasteiger partial charge in [0.05, 0.1) is 11.5 Å². The smallest absolute Gasteiger partial charge is 0.213 e. The third kappa shape index (κ3) is 7.14. The zero-order chi connectivity index (χ0) is 14.7. The van der Waals surface area contributed by atoms with Crippen molar-refractivity contribution in [1.82, 2.24) is 0 Å². The predicted octanol–water partition coefficient (Wildman–Crippen LogP) is 0.320. The van der Waals surface area contributed by atoms with Crippen LogP contribution in [-0.2, 0) is 25.6 Å². The van der Waals surface area contributed by atoms with Crippen LogP contribution in [0.4, 0.5) is 5.69 Å². The summed E-state index contributed by atoms with van der Waals surface area (Å²) in [5.74, 6) is -0.182. The van der Waals surface area contributed by atoms with Gasteiger partial charge in [-0.2, -0.15) is 0 Å². The third-order valence-corrected chi connectivity index (χ3v) is 4.13. The standard InChI is InChI=1S/C11H18N2O4S2/c1-9(7-18(2,14)15)13-11-5-3-10(4-6-11)8-19(12,16)17/h3-6,9,13H,7-8H2,1-2H3,(H2,12,16,17). The number of anilines is 1. The number of benzene rings is 1. The summed E-state index contributed by atoms with van der Waals surface area (Å²) in [4.78, 5) is 0. The molecule has 0 fully saturated rings. The van der Waals surface area contributed by atoms with Gasteiger partial charge < -0.3 is 5.32 Å². The highest BCUT2D eigenvalue weighted by atomic mass is 32.2. The van der Waals surface area contributed by atoms with E-state index in [-0.39, 0.29) is 17.5 Å². The lowest BCUT2D eigenvalue weighted by Crippen LogP contribution is -2.24. The molecule has 0 aromatic heterocycles. The second kappa shape index (κ2) is 5.89. The van der Waals surface area contributed by atoms with Crippen LogP contribution in [0.25, 0.3) is 0 Å². The van der Waals surface area contributed by atoms with E-state index >= 15 is 0 Å². The van der Waals surface area contributed by atoms with Crippen LogP contribution in [0.5, 0.6) is 0 Å². The molecule has 0 aliphatic rings. The highest BCUT2D eigenvalue weighted by Gasteiger charge is 2.10. The Labute approximate surface area is 114 Å². The molecule has 0 bridgehead atoms. The Bertz CT molecular complexity index is 621. The first-order valence-electron chi connectivity index (χ1n) is 5.59. The van der Waals surface area contributed by atoms with Gasteiger partial charge in [0.15, 0.2) is 0 Å². The molecule has 0 spiro atoms. The Morgan fingerprint density at radius 2 is 1.68 bits per heavy atom. The van der Waals surface area contributed by atoms with Crippen LogP contribution >= 0.6 is 0 Å². The average Bonchev–Trinajstić information content (AvgIpc) is 2.15. The summed E-state index contributed by atoms with van der Waals surface area (Å²) >= 11 is 0. The van der Waals surface area contributed by atoms with E-state index in [1.807, 2.05) is 0 Å². The summed E-state index contributed by atoms with van der Waals surface area (Å²) in [6, 6.07) is 6.44. The fourth-order valence-electron chi connectivity index (χ4n) is 1.71. The lowest BCUT2D eigenvalue weighted by atomic mass is 10.2. The minimum Gasteiger partial charge on any atom is -0.382 e. The number of rotatable bonds is 6. The number of primary sulfonamides is 1. The first-order valence-corrected chi connectivity index (χ1v) is 9.36. The molecule has 0 saturated heterocycles. The molecule has 19 heavy (non-hydrogen) atoms. The molecule has 1 aromatic carbocycles. The normalized spacial score (nSPS) is 14.1. The Hall–Kier alpha value is -1.12. The first kappa shape index (κ1) is 15.9.